The second kappa shape index (κ2) is 7.60. The van der Waals surface area contributed by atoms with Gasteiger partial charge in [-0.05, 0) is 48.3 Å². The molecule has 1 amide bonds. The van der Waals surface area contributed by atoms with Crippen LogP contribution in [-0.2, 0) is 25.4 Å². The minimum absolute atomic E-state index is 0.144. The summed E-state index contributed by atoms with van der Waals surface area (Å²) in [5, 5.41) is 6.76. The second-order valence-electron chi connectivity index (χ2n) is 8.44. The largest absolute Gasteiger partial charge is 0.416 e. The van der Waals surface area contributed by atoms with Gasteiger partial charge in [0.15, 0.2) is 5.69 Å². The number of hydrogen-bond donors (Lipinski definition) is 1. The average molecular weight is 394 g/mol. The minimum atomic E-state index is -4.34. The number of fused-ring (bicyclic) bond motifs is 1. The van der Waals surface area contributed by atoms with Crippen LogP contribution in [0.4, 0.5) is 13.2 Å². The number of aromatic nitrogens is 1. The zero-order valence-corrected chi connectivity index (χ0v) is 16.3. The molecular weight excluding hydrogens is 369 g/mol. The summed E-state index contributed by atoms with van der Waals surface area (Å²) in [6.45, 7) is 6.90. The number of nitrogens with one attached hydrogen (secondary N) is 1. The van der Waals surface area contributed by atoms with Gasteiger partial charge in [0.25, 0.3) is 5.91 Å². The number of aryl methyl sites for hydroxylation is 1. The molecular formula is C21H25F3N2O2. The summed E-state index contributed by atoms with van der Waals surface area (Å²) in [5.41, 5.74) is 1.41. The first-order valence-corrected chi connectivity index (χ1v) is 9.47. The molecule has 1 aromatic heterocycles. The number of carbonyl (C=O) groups is 1. The van der Waals surface area contributed by atoms with Gasteiger partial charge in [0.05, 0.1) is 5.56 Å². The van der Waals surface area contributed by atoms with E-state index in [1.165, 1.54) is 12.1 Å². The molecule has 28 heavy (non-hydrogen) atoms. The lowest BCUT2D eigenvalue weighted by Crippen LogP contribution is -2.30. The minimum Gasteiger partial charge on any atom is -0.360 e. The first kappa shape index (κ1) is 20.4. The Balaban J connectivity index is 1.59. The van der Waals surface area contributed by atoms with Gasteiger partial charge in [0.2, 0.25) is 0 Å². The van der Waals surface area contributed by atoms with Crippen LogP contribution in [0, 0.1) is 11.3 Å². The summed E-state index contributed by atoms with van der Waals surface area (Å²) >= 11 is 0. The zero-order chi connectivity index (χ0) is 20.5. The molecule has 0 bridgehead atoms. The lowest BCUT2D eigenvalue weighted by Gasteiger charge is -2.33. The molecule has 0 saturated heterocycles. The van der Waals surface area contributed by atoms with Crippen LogP contribution < -0.4 is 5.32 Å². The highest BCUT2D eigenvalue weighted by Crippen LogP contribution is 2.38. The topological polar surface area (TPSA) is 55.1 Å². The van der Waals surface area contributed by atoms with E-state index >= 15 is 0 Å². The summed E-state index contributed by atoms with van der Waals surface area (Å²) in [6.07, 6.45) is -1.34. The predicted octanol–water partition coefficient (Wildman–Crippen LogP) is 4.82. The van der Waals surface area contributed by atoms with E-state index in [1.54, 1.807) is 0 Å². The van der Waals surface area contributed by atoms with Crippen molar-refractivity contribution in [1.82, 2.24) is 10.5 Å². The fourth-order valence-corrected chi connectivity index (χ4v) is 3.59. The Kier molecular flexibility index (Phi) is 5.55. The third-order valence-electron chi connectivity index (χ3n) is 5.46. The Hall–Kier alpha value is -2.31. The summed E-state index contributed by atoms with van der Waals surface area (Å²) in [4.78, 5) is 12.5. The van der Waals surface area contributed by atoms with Crippen molar-refractivity contribution in [2.75, 3.05) is 6.54 Å². The highest BCUT2D eigenvalue weighted by atomic mass is 19.4. The Morgan fingerprint density at radius 2 is 1.89 bits per heavy atom. The molecule has 1 heterocycles. The van der Waals surface area contributed by atoms with Crippen molar-refractivity contribution in [3.05, 3.63) is 52.4 Å². The first-order valence-electron chi connectivity index (χ1n) is 9.47. The van der Waals surface area contributed by atoms with Crippen LogP contribution in [-0.4, -0.2) is 17.6 Å². The smallest absolute Gasteiger partial charge is 0.360 e. The van der Waals surface area contributed by atoms with Gasteiger partial charge in [-0.1, -0.05) is 38.1 Å². The highest BCUT2D eigenvalue weighted by Gasteiger charge is 2.34. The fraction of sp³-hybridized carbons (Fsp3) is 0.524. The van der Waals surface area contributed by atoms with Crippen LogP contribution in [0.5, 0.6) is 0 Å². The zero-order valence-electron chi connectivity index (χ0n) is 16.3. The Morgan fingerprint density at radius 3 is 2.50 bits per heavy atom. The van der Waals surface area contributed by atoms with Gasteiger partial charge >= 0.3 is 6.18 Å². The molecule has 3 rings (SSSR count). The third-order valence-corrected chi connectivity index (χ3v) is 5.46. The van der Waals surface area contributed by atoms with Gasteiger partial charge in [0.1, 0.15) is 5.76 Å². The number of carbonyl (C=O) groups excluding carboxylic acids is 1. The summed E-state index contributed by atoms with van der Waals surface area (Å²) in [6, 6.07) is 4.97. The molecule has 0 radical (unpaired) electrons. The number of benzene rings is 1. The quantitative estimate of drug-likeness (QED) is 0.809. The standard InChI is InChI=1S/C21H25F3N2O2/c1-20(2,3)15-8-9-17-16(12-15)18(26-28-17)19(27)25-11-10-13-4-6-14(7-5-13)21(22,23)24/h4-7,15H,8-12H2,1-3H3,(H,25,27)/t15-/m0/s1. The lowest BCUT2D eigenvalue weighted by atomic mass is 9.71. The van der Waals surface area contributed by atoms with Gasteiger partial charge in [-0.15, -0.1) is 0 Å². The molecule has 152 valence electrons. The maximum absolute atomic E-state index is 12.6. The molecule has 0 aliphatic heterocycles. The summed E-state index contributed by atoms with van der Waals surface area (Å²) < 4.78 is 43.2. The van der Waals surface area contributed by atoms with Crippen LogP contribution in [0.15, 0.2) is 28.8 Å². The maximum atomic E-state index is 12.6. The number of rotatable bonds is 4. The van der Waals surface area contributed by atoms with Gasteiger partial charge in [-0.2, -0.15) is 13.2 Å². The molecule has 1 aliphatic rings. The van der Waals surface area contributed by atoms with Crippen molar-refractivity contribution >= 4 is 5.91 Å². The number of alkyl halides is 3. The van der Waals surface area contributed by atoms with Crippen molar-refractivity contribution in [3.63, 3.8) is 0 Å². The Bertz CT molecular complexity index is 833. The lowest BCUT2D eigenvalue weighted by molar-refractivity contribution is -0.137. The van der Waals surface area contributed by atoms with Crippen LogP contribution in [0.25, 0.3) is 0 Å². The van der Waals surface area contributed by atoms with Gasteiger partial charge < -0.3 is 9.84 Å². The van der Waals surface area contributed by atoms with E-state index in [0.717, 1.165) is 48.3 Å². The van der Waals surface area contributed by atoms with E-state index in [9.17, 15) is 18.0 Å². The highest BCUT2D eigenvalue weighted by molar-refractivity contribution is 5.93. The Morgan fingerprint density at radius 1 is 1.21 bits per heavy atom. The van der Waals surface area contributed by atoms with Crippen molar-refractivity contribution in [1.29, 1.82) is 0 Å². The van der Waals surface area contributed by atoms with E-state index in [1.807, 2.05) is 0 Å². The maximum Gasteiger partial charge on any atom is 0.416 e. The summed E-state index contributed by atoms with van der Waals surface area (Å²) in [7, 11) is 0. The summed E-state index contributed by atoms with van der Waals surface area (Å²) in [5.74, 6) is 0.943. The van der Waals surface area contributed by atoms with Crippen LogP contribution in [0.1, 0.15) is 60.1 Å². The molecule has 1 aromatic carbocycles. The van der Waals surface area contributed by atoms with Crippen LogP contribution >= 0.6 is 0 Å². The van der Waals surface area contributed by atoms with Crippen molar-refractivity contribution in [3.8, 4) is 0 Å². The fourth-order valence-electron chi connectivity index (χ4n) is 3.59. The van der Waals surface area contributed by atoms with Gasteiger partial charge in [-0.25, -0.2) is 0 Å². The predicted molar refractivity (Wildman–Crippen MR) is 99.0 cm³/mol. The van der Waals surface area contributed by atoms with Crippen molar-refractivity contribution in [2.45, 2.75) is 52.6 Å². The molecule has 7 heteroatoms. The molecule has 2 aromatic rings. The number of hydrogen-bond acceptors (Lipinski definition) is 3. The van der Waals surface area contributed by atoms with Gasteiger partial charge in [0, 0.05) is 18.5 Å². The SMILES string of the molecule is CC(C)(C)[C@H]1CCc2onc(C(=O)NCCc3ccc(C(F)(F)F)cc3)c2C1. The third kappa shape index (κ3) is 4.56. The number of halogens is 3. The van der Waals surface area contributed by atoms with Crippen LogP contribution in [0.3, 0.4) is 0 Å². The Labute approximate surface area is 162 Å². The van der Waals surface area contributed by atoms with E-state index in [2.05, 4.69) is 31.2 Å². The monoisotopic (exact) mass is 394 g/mol. The average Bonchev–Trinajstić information content (AvgIpc) is 3.04. The van der Waals surface area contributed by atoms with Crippen LogP contribution in [0.2, 0.25) is 0 Å². The number of amides is 1. The van der Waals surface area contributed by atoms with E-state index in [-0.39, 0.29) is 11.3 Å². The number of nitrogens with zero attached hydrogens (tertiary/aromatic N) is 1. The molecule has 0 saturated carbocycles. The molecule has 0 fully saturated rings. The van der Waals surface area contributed by atoms with E-state index in [0.29, 0.717) is 24.6 Å². The van der Waals surface area contributed by atoms with Crippen molar-refractivity contribution in [2.24, 2.45) is 11.3 Å². The molecule has 0 unspecified atom stereocenters. The molecule has 1 N–H and O–H groups in total. The van der Waals surface area contributed by atoms with E-state index < -0.39 is 11.7 Å². The normalized spacial score (nSPS) is 17.3. The van der Waals surface area contributed by atoms with E-state index in [4.69, 9.17) is 4.52 Å². The van der Waals surface area contributed by atoms with Gasteiger partial charge in [-0.3, -0.25) is 4.79 Å². The molecule has 4 nitrogen and oxygen atoms in total. The second-order valence-corrected chi connectivity index (χ2v) is 8.44. The molecule has 0 spiro atoms. The first-order chi connectivity index (χ1) is 13.1. The van der Waals surface area contributed by atoms with Crippen molar-refractivity contribution < 1.29 is 22.5 Å². The molecule has 1 aliphatic carbocycles. The molecule has 1 atom stereocenters.